The van der Waals surface area contributed by atoms with Crippen molar-refractivity contribution in [3.8, 4) is 5.75 Å². The summed E-state index contributed by atoms with van der Waals surface area (Å²) < 4.78 is 30.7. The molecule has 1 aromatic carbocycles. The minimum atomic E-state index is -4.60. The van der Waals surface area contributed by atoms with Crippen molar-refractivity contribution in [1.29, 1.82) is 0 Å². The molecule has 1 aromatic rings. The fourth-order valence-corrected chi connectivity index (χ4v) is 1.82. The van der Waals surface area contributed by atoms with E-state index in [4.69, 9.17) is 16.0 Å². The van der Waals surface area contributed by atoms with E-state index in [0.717, 1.165) is 13.0 Å². The molecule has 88 valence electrons. The number of benzene rings is 1. The first-order valence-electron chi connectivity index (χ1n) is 4.05. The zero-order valence-corrected chi connectivity index (χ0v) is 9.08. The molecule has 0 saturated carbocycles. The summed E-state index contributed by atoms with van der Waals surface area (Å²) in [5.74, 6) is -1.20. The Balaban J connectivity index is 3.74. The minimum Gasteiger partial charge on any atom is -0.505 e. The van der Waals surface area contributed by atoms with Gasteiger partial charge in [-0.3, -0.25) is 9.35 Å². The van der Waals surface area contributed by atoms with Crippen LogP contribution in [0.4, 0.5) is 11.4 Å². The number of phenols is 1. The number of Topliss-reactive ketones (excluding diaryl/α,β-unsaturated/α-hetero) is 1. The molecule has 0 aliphatic carbocycles. The number of anilines is 2. The van der Waals surface area contributed by atoms with Gasteiger partial charge >= 0.3 is 0 Å². The summed E-state index contributed by atoms with van der Waals surface area (Å²) in [5, 5.41) is 9.44. The first-order valence-corrected chi connectivity index (χ1v) is 5.49. The van der Waals surface area contributed by atoms with Gasteiger partial charge in [0.25, 0.3) is 10.1 Å². The summed E-state index contributed by atoms with van der Waals surface area (Å²) in [6.45, 7) is 1.11. The Bertz CT molecular complexity index is 564. The molecule has 8 heteroatoms. The highest BCUT2D eigenvalue weighted by atomic mass is 32.2. The van der Waals surface area contributed by atoms with Crippen LogP contribution < -0.4 is 11.5 Å². The smallest absolute Gasteiger partial charge is 0.296 e. The maximum atomic E-state index is 11.1. The molecule has 0 aromatic heterocycles. The number of carbonyl (C=O) groups is 1. The molecule has 0 bridgehead atoms. The molecule has 0 aliphatic heterocycles. The summed E-state index contributed by atoms with van der Waals surface area (Å²) in [5.41, 5.74) is 9.34. The molecule has 7 nitrogen and oxygen atoms in total. The molecule has 16 heavy (non-hydrogen) atoms. The molecule has 0 saturated heterocycles. The van der Waals surface area contributed by atoms with Crippen molar-refractivity contribution in [3.05, 3.63) is 11.6 Å². The SMILES string of the molecule is CC(=O)c1cc(S(=O)(=O)O)c(N)c(N)c1O. The molecular weight excluding hydrogens is 236 g/mol. The fraction of sp³-hybridized carbons (Fsp3) is 0.125. The van der Waals surface area contributed by atoms with E-state index in [9.17, 15) is 18.3 Å². The van der Waals surface area contributed by atoms with E-state index < -0.39 is 37.9 Å². The number of ketones is 1. The van der Waals surface area contributed by atoms with Crippen LogP contribution in [0.5, 0.6) is 5.75 Å². The predicted molar refractivity (Wildman–Crippen MR) is 56.8 cm³/mol. The van der Waals surface area contributed by atoms with E-state index >= 15 is 0 Å². The molecule has 0 radical (unpaired) electrons. The minimum absolute atomic E-state index is 0.320. The largest absolute Gasteiger partial charge is 0.505 e. The number of phenolic OH excluding ortho intramolecular Hbond substituents is 1. The fourth-order valence-electron chi connectivity index (χ4n) is 1.16. The standard InChI is InChI=1S/C8H10N2O5S/c1-3(11)4-2-5(16(13,14)15)6(9)7(10)8(4)12/h2,12H,9-10H2,1H3,(H,13,14,15). The third-order valence-corrected chi connectivity index (χ3v) is 2.89. The summed E-state index contributed by atoms with van der Waals surface area (Å²) in [4.78, 5) is 10.4. The van der Waals surface area contributed by atoms with Gasteiger partial charge in [0.2, 0.25) is 0 Å². The van der Waals surface area contributed by atoms with Crippen LogP contribution in [0.2, 0.25) is 0 Å². The number of hydrogen-bond acceptors (Lipinski definition) is 6. The predicted octanol–water partition coefficient (Wildman–Crippen LogP) is 0.00590. The van der Waals surface area contributed by atoms with Crippen molar-refractivity contribution in [2.24, 2.45) is 0 Å². The van der Waals surface area contributed by atoms with Gasteiger partial charge in [0.05, 0.1) is 16.9 Å². The van der Waals surface area contributed by atoms with Gasteiger partial charge in [-0.25, -0.2) is 0 Å². The van der Waals surface area contributed by atoms with Crippen LogP contribution >= 0.6 is 0 Å². The highest BCUT2D eigenvalue weighted by Gasteiger charge is 2.22. The number of carbonyl (C=O) groups excluding carboxylic acids is 1. The van der Waals surface area contributed by atoms with E-state index in [2.05, 4.69) is 0 Å². The summed E-state index contributed by atoms with van der Waals surface area (Å²) in [6, 6.07) is 0.776. The second kappa shape index (κ2) is 3.65. The van der Waals surface area contributed by atoms with Gasteiger partial charge in [0.1, 0.15) is 4.90 Å². The number of rotatable bonds is 2. The Labute approximate surface area is 91.4 Å². The highest BCUT2D eigenvalue weighted by molar-refractivity contribution is 7.86. The molecule has 1 rings (SSSR count). The quantitative estimate of drug-likeness (QED) is 0.249. The molecule has 0 amide bonds. The van der Waals surface area contributed by atoms with Crippen molar-refractivity contribution in [2.75, 3.05) is 11.5 Å². The average Bonchev–Trinajstić information content (AvgIpc) is 2.11. The number of aromatic hydroxyl groups is 1. The molecule has 0 atom stereocenters. The third-order valence-electron chi connectivity index (χ3n) is 2.00. The van der Waals surface area contributed by atoms with Gasteiger partial charge in [-0.1, -0.05) is 0 Å². The van der Waals surface area contributed by atoms with Gasteiger partial charge in [-0.2, -0.15) is 8.42 Å². The van der Waals surface area contributed by atoms with Crippen LogP contribution in [-0.2, 0) is 10.1 Å². The molecule has 0 aliphatic rings. The molecule has 0 unspecified atom stereocenters. The van der Waals surface area contributed by atoms with Crippen LogP contribution in [0.3, 0.4) is 0 Å². The number of hydrogen-bond donors (Lipinski definition) is 4. The molecular formula is C8H10N2O5S. The second-order valence-electron chi connectivity index (χ2n) is 3.13. The van der Waals surface area contributed by atoms with Crippen molar-refractivity contribution in [3.63, 3.8) is 0 Å². The number of nitrogen functional groups attached to an aromatic ring is 2. The van der Waals surface area contributed by atoms with Crippen molar-refractivity contribution >= 4 is 27.3 Å². The lowest BCUT2D eigenvalue weighted by molar-refractivity contribution is 0.101. The van der Waals surface area contributed by atoms with Crippen molar-refractivity contribution < 1.29 is 22.9 Å². The van der Waals surface area contributed by atoms with Gasteiger partial charge in [-0.15, -0.1) is 0 Å². The van der Waals surface area contributed by atoms with E-state index in [-0.39, 0.29) is 5.56 Å². The van der Waals surface area contributed by atoms with Gasteiger partial charge in [0.15, 0.2) is 11.5 Å². The summed E-state index contributed by atoms with van der Waals surface area (Å²) in [7, 11) is -4.60. The second-order valence-corrected chi connectivity index (χ2v) is 4.52. The van der Waals surface area contributed by atoms with Gasteiger partial charge in [0, 0.05) is 0 Å². The van der Waals surface area contributed by atoms with E-state index in [1.165, 1.54) is 0 Å². The monoisotopic (exact) mass is 246 g/mol. The van der Waals surface area contributed by atoms with E-state index in [0.29, 0.717) is 0 Å². The van der Waals surface area contributed by atoms with Crippen LogP contribution in [0.25, 0.3) is 0 Å². The molecule has 6 N–H and O–H groups in total. The van der Waals surface area contributed by atoms with E-state index in [1.807, 2.05) is 0 Å². The Morgan fingerprint density at radius 2 is 1.81 bits per heavy atom. The van der Waals surface area contributed by atoms with Crippen LogP contribution in [-0.4, -0.2) is 23.9 Å². The maximum Gasteiger partial charge on any atom is 0.296 e. The first-order chi connectivity index (χ1) is 7.16. The average molecular weight is 246 g/mol. The third kappa shape index (κ3) is 1.92. The highest BCUT2D eigenvalue weighted by Crippen LogP contribution is 2.36. The summed E-state index contributed by atoms with van der Waals surface area (Å²) in [6.07, 6.45) is 0. The van der Waals surface area contributed by atoms with Crippen molar-refractivity contribution in [2.45, 2.75) is 11.8 Å². The zero-order chi connectivity index (χ0) is 12.7. The lowest BCUT2D eigenvalue weighted by Crippen LogP contribution is -2.09. The normalized spacial score (nSPS) is 11.4. The lowest BCUT2D eigenvalue weighted by Gasteiger charge is -2.10. The first kappa shape index (κ1) is 12.3. The molecule has 0 heterocycles. The topological polar surface area (TPSA) is 144 Å². The maximum absolute atomic E-state index is 11.1. The zero-order valence-electron chi connectivity index (χ0n) is 8.26. The Hall–Kier alpha value is -1.80. The van der Waals surface area contributed by atoms with E-state index in [1.54, 1.807) is 0 Å². The van der Waals surface area contributed by atoms with Crippen molar-refractivity contribution in [1.82, 2.24) is 0 Å². The summed E-state index contributed by atoms with van der Waals surface area (Å²) >= 11 is 0. The molecule has 0 fully saturated rings. The van der Waals surface area contributed by atoms with Crippen LogP contribution in [0.1, 0.15) is 17.3 Å². The van der Waals surface area contributed by atoms with Crippen LogP contribution in [0, 0.1) is 0 Å². The Morgan fingerprint density at radius 3 is 2.19 bits per heavy atom. The Morgan fingerprint density at radius 1 is 1.31 bits per heavy atom. The van der Waals surface area contributed by atoms with Gasteiger partial charge in [-0.05, 0) is 13.0 Å². The number of nitrogens with two attached hydrogens (primary N) is 2. The Kier molecular flexibility index (Phi) is 2.80. The van der Waals surface area contributed by atoms with Gasteiger partial charge < -0.3 is 16.6 Å². The molecule has 0 spiro atoms. The lowest BCUT2D eigenvalue weighted by atomic mass is 10.1. The van der Waals surface area contributed by atoms with Crippen LogP contribution in [0.15, 0.2) is 11.0 Å².